The first-order chi connectivity index (χ1) is 10.5. The van der Waals surface area contributed by atoms with Gasteiger partial charge in [-0.25, -0.2) is 0 Å². The molecule has 2 aromatic rings. The Kier molecular flexibility index (Phi) is 5.30. The fourth-order valence-electron chi connectivity index (χ4n) is 2.08. The highest BCUT2D eigenvalue weighted by molar-refractivity contribution is 5.93. The molecule has 6 heteroatoms. The molecule has 0 saturated heterocycles. The average Bonchev–Trinajstić information content (AvgIpc) is 2.94. The molecule has 0 saturated carbocycles. The first-order valence-corrected chi connectivity index (χ1v) is 7.11. The molecule has 1 unspecified atom stereocenters. The number of amides is 1. The summed E-state index contributed by atoms with van der Waals surface area (Å²) in [6.07, 6.45) is 3.23. The van der Waals surface area contributed by atoms with Crippen molar-refractivity contribution in [3.05, 3.63) is 53.9 Å². The fourth-order valence-corrected chi connectivity index (χ4v) is 2.08. The van der Waals surface area contributed by atoms with Crippen LogP contribution in [0.25, 0.3) is 0 Å². The molecule has 0 fully saturated rings. The smallest absolute Gasteiger partial charge is 0.303 e. The largest absolute Gasteiger partial charge is 0.481 e. The van der Waals surface area contributed by atoms with Gasteiger partial charge in [-0.1, -0.05) is 37.3 Å². The van der Waals surface area contributed by atoms with Crippen molar-refractivity contribution in [2.24, 2.45) is 5.92 Å². The van der Waals surface area contributed by atoms with E-state index in [0.717, 1.165) is 5.56 Å². The summed E-state index contributed by atoms with van der Waals surface area (Å²) in [4.78, 5) is 22.6. The van der Waals surface area contributed by atoms with E-state index in [0.29, 0.717) is 18.7 Å². The lowest BCUT2D eigenvalue weighted by Gasteiger charge is -2.09. The monoisotopic (exact) mass is 301 g/mol. The van der Waals surface area contributed by atoms with Crippen molar-refractivity contribution < 1.29 is 14.7 Å². The van der Waals surface area contributed by atoms with Crippen LogP contribution in [0.4, 0.5) is 0 Å². The van der Waals surface area contributed by atoms with Crippen molar-refractivity contribution in [1.29, 1.82) is 0 Å². The van der Waals surface area contributed by atoms with E-state index in [-0.39, 0.29) is 18.2 Å². The number of carbonyl (C=O) groups excluding carboxylic acids is 1. The first-order valence-electron chi connectivity index (χ1n) is 7.11. The molecule has 1 atom stereocenters. The summed E-state index contributed by atoms with van der Waals surface area (Å²) < 4.78 is 1.70. The number of rotatable bonds is 7. The van der Waals surface area contributed by atoms with Crippen LogP contribution in [0.2, 0.25) is 0 Å². The Morgan fingerprint density at radius 3 is 2.73 bits per heavy atom. The molecule has 0 aliphatic carbocycles. The maximum absolute atomic E-state index is 12.0. The Labute approximate surface area is 128 Å². The molecule has 0 aliphatic rings. The van der Waals surface area contributed by atoms with Crippen molar-refractivity contribution in [3.63, 3.8) is 0 Å². The molecule has 1 heterocycles. The number of carboxylic acid groups (broad SMARTS) is 1. The van der Waals surface area contributed by atoms with Crippen molar-refractivity contribution in [2.75, 3.05) is 6.54 Å². The highest BCUT2D eigenvalue weighted by Crippen LogP contribution is 2.05. The van der Waals surface area contributed by atoms with Gasteiger partial charge in [-0.15, -0.1) is 0 Å². The number of hydrogen-bond donors (Lipinski definition) is 2. The molecule has 1 amide bonds. The highest BCUT2D eigenvalue weighted by atomic mass is 16.4. The van der Waals surface area contributed by atoms with Gasteiger partial charge in [-0.3, -0.25) is 14.3 Å². The Morgan fingerprint density at radius 1 is 1.32 bits per heavy atom. The maximum atomic E-state index is 12.0. The predicted octanol–water partition coefficient (Wildman–Crippen LogP) is 1.77. The van der Waals surface area contributed by atoms with Crippen molar-refractivity contribution >= 4 is 11.9 Å². The van der Waals surface area contributed by atoms with E-state index in [1.54, 1.807) is 17.8 Å². The standard InChI is InChI=1S/C16H19N3O3/c1-12(7-15(20)21)8-17-16(22)14-9-18-19(11-14)10-13-5-3-2-4-6-13/h2-6,9,11-12H,7-8,10H2,1H3,(H,17,22)(H,20,21). The summed E-state index contributed by atoms with van der Waals surface area (Å²) >= 11 is 0. The second kappa shape index (κ2) is 7.40. The minimum Gasteiger partial charge on any atom is -0.481 e. The van der Waals surface area contributed by atoms with Crippen LogP contribution < -0.4 is 5.32 Å². The Hall–Kier alpha value is -2.63. The van der Waals surface area contributed by atoms with Crippen LogP contribution in [0.1, 0.15) is 29.3 Å². The zero-order chi connectivity index (χ0) is 15.9. The van der Waals surface area contributed by atoms with E-state index in [2.05, 4.69) is 10.4 Å². The number of aliphatic carboxylic acids is 1. The Morgan fingerprint density at radius 2 is 2.05 bits per heavy atom. The number of carbonyl (C=O) groups is 2. The molecule has 2 N–H and O–H groups in total. The second-order valence-electron chi connectivity index (χ2n) is 5.33. The molecule has 0 spiro atoms. The summed E-state index contributed by atoms with van der Waals surface area (Å²) in [6.45, 7) is 2.71. The average molecular weight is 301 g/mol. The van der Waals surface area contributed by atoms with Gasteiger partial charge in [0.25, 0.3) is 5.91 Å². The summed E-state index contributed by atoms with van der Waals surface area (Å²) in [7, 11) is 0. The van der Waals surface area contributed by atoms with Gasteiger partial charge in [0, 0.05) is 19.2 Å². The van der Waals surface area contributed by atoms with Crippen molar-refractivity contribution in [1.82, 2.24) is 15.1 Å². The van der Waals surface area contributed by atoms with Crippen LogP contribution in [-0.2, 0) is 11.3 Å². The van der Waals surface area contributed by atoms with E-state index in [9.17, 15) is 9.59 Å². The van der Waals surface area contributed by atoms with Gasteiger partial charge in [0.05, 0.1) is 18.3 Å². The summed E-state index contributed by atoms with van der Waals surface area (Å²) in [5, 5.41) is 15.6. The molecular formula is C16H19N3O3. The maximum Gasteiger partial charge on any atom is 0.303 e. The second-order valence-corrected chi connectivity index (χ2v) is 5.33. The van der Waals surface area contributed by atoms with Gasteiger partial charge >= 0.3 is 5.97 Å². The lowest BCUT2D eigenvalue weighted by molar-refractivity contribution is -0.137. The van der Waals surface area contributed by atoms with Gasteiger partial charge in [0.15, 0.2) is 0 Å². The summed E-state index contributed by atoms with van der Waals surface area (Å²) in [5.74, 6) is -1.21. The van der Waals surface area contributed by atoms with E-state index in [1.807, 2.05) is 30.3 Å². The topological polar surface area (TPSA) is 84.2 Å². The third-order valence-electron chi connectivity index (χ3n) is 3.22. The molecular weight excluding hydrogens is 282 g/mol. The molecule has 0 radical (unpaired) electrons. The summed E-state index contributed by atoms with van der Waals surface area (Å²) in [5.41, 5.74) is 1.58. The quantitative estimate of drug-likeness (QED) is 0.816. The molecule has 6 nitrogen and oxygen atoms in total. The van der Waals surface area contributed by atoms with Crippen molar-refractivity contribution in [3.8, 4) is 0 Å². The van der Waals surface area contributed by atoms with Gasteiger partial charge in [0.1, 0.15) is 0 Å². The number of hydrogen-bond acceptors (Lipinski definition) is 3. The van der Waals surface area contributed by atoms with Gasteiger partial charge in [-0.2, -0.15) is 5.10 Å². The predicted molar refractivity (Wildman–Crippen MR) is 81.5 cm³/mol. The third-order valence-corrected chi connectivity index (χ3v) is 3.22. The fraction of sp³-hybridized carbons (Fsp3) is 0.312. The Balaban J connectivity index is 1.88. The molecule has 1 aromatic heterocycles. The normalized spacial score (nSPS) is 11.9. The Bertz CT molecular complexity index is 637. The van der Waals surface area contributed by atoms with E-state index in [1.165, 1.54) is 6.20 Å². The zero-order valence-electron chi connectivity index (χ0n) is 12.4. The number of nitrogens with zero attached hydrogens (tertiary/aromatic N) is 2. The van der Waals surface area contributed by atoms with E-state index < -0.39 is 5.97 Å². The molecule has 0 bridgehead atoms. The lowest BCUT2D eigenvalue weighted by atomic mass is 10.1. The van der Waals surface area contributed by atoms with Crippen LogP contribution in [0.15, 0.2) is 42.7 Å². The number of carboxylic acids is 1. The van der Waals surface area contributed by atoms with Crippen LogP contribution in [0.5, 0.6) is 0 Å². The first kappa shape index (κ1) is 15.8. The van der Waals surface area contributed by atoms with Gasteiger partial charge < -0.3 is 10.4 Å². The van der Waals surface area contributed by atoms with Crippen LogP contribution in [0.3, 0.4) is 0 Å². The number of nitrogens with one attached hydrogen (secondary N) is 1. The zero-order valence-corrected chi connectivity index (χ0v) is 12.4. The lowest BCUT2D eigenvalue weighted by Crippen LogP contribution is -2.29. The molecule has 116 valence electrons. The number of benzene rings is 1. The molecule has 0 aliphatic heterocycles. The van der Waals surface area contributed by atoms with Crippen LogP contribution >= 0.6 is 0 Å². The van der Waals surface area contributed by atoms with E-state index in [4.69, 9.17) is 5.11 Å². The number of aromatic nitrogens is 2. The van der Waals surface area contributed by atoms with Crippen molar-refractivity contribution in [2.45, 2.75) is 19.9 Å². The third kappa shape index (κ3) is 4.73. The summed E-state index contributed by atoms with van der Waals surface area (Å²) in [6, 6.07) is 9.85. The molecule has 22 heavy (non-hydrogen) atoms. The molecule has 2 rings (SSSR count). The van der Waals surface area contributed by atoms with Gasteiger partial charge in [0.2, 0.25) is 0 Å². The SMILES string of the molecule is CC(CNC(=O)c1cnn(Cc2ccccc2)c1)CC(=O)O. The molecule has 1 aromatic carbocycles. The van der Waals surface area contributed by atoms with Gasteiger partial charge in [-0.05, 0) is 11.5 Å². The van der Waals surface area contributed by atoms with Crippen LogP contribution in [0, 0.1) is 5.92 Å². The minimum atomic E-state index is -0.863. The van der Waals surface area contributed by atoms with Crippen LogP contribution in [-0.4, -0.2) is 33.3 Å². The van der Waals surface area contributed by atoms with E-state index >= 15 is 0 Å². The minimum absolute atomic E-state index is 0.0353. The highest BCUT2D eigenvalue weighted by Gasteiger charge is 2.12.